The zero-order valence-electron chi connectivity index (χ0n) is 13.8. The zero-order chi connectivity index (χ0) is 16.2. The number of amides is 1. The maximum absolute atomic E-state index is 12.4. The van der Waals surface area contributed by atoms with Gasteiger partial charge in [0.1, 0.15) is 0 Å². The number of thiophene rings is 1. The smallest absolute Gasteiger partial charge is 0.236 e. The molecule has 23 heavy (non-hydrogen) atoms. The third kappa shape index (κ3) is 5.45. The Hall–Kier alpha value is -0.620. The van der Waals surface area contributed by atoms with E-state index in [1.807, 2.05) is 19.2 Å². The molecule has 1 N–H and O–H groups in total. The van der Waals surface area contributed by atoms with Crippen molar-refractivity contribution in [2.75, 3.05) is 33.2 Å². The van der Waals surface area contributed by atoms with E-state index in [-0.39, 0.29) is 5.91 Å². The third-order valence-corrected chi connectivity index (χ3v) is 6.00. The number of likely N-dealkylation sites (tertiary alicyclic amines) is 1. The molecule has 4 nitrogen and oxygen atoms in total. The van der Waals surface area contributed by atoms with E-state index < -0.39 is 0 Å². The highest BCUT2D eigenvalue weighted by atomic mass is 35.5. The van der Waals surface area contributed by atoms with Gasteiger partial charge in [-0.3, -0.25) is 9.69 Å². The molecule has 2 heterocycles. The average Bonchev–Trinajstić information content (AvgIpc) is 3.28. The summed E-state index contributed by atoms with van der Waals surface area (Å²) in [4.78, 5) is 17.6. The van der Waals surface area contributed by atoms with Crippen LogP contribution < -0.4 is 5.32 Å². The van der Waals surface area contributed by atoms with E-state index in [1.165, 1.54) is 19.4 Å². The van der Waals surface area contributed by atoms with Gasteiger partial charge in [0, 0.05) is 31.1 Å². The van der Waals surface area contributed by atoms with Crippen molar-refractivity contribution in [3.05, 3.63) is 21.3 Å². The maximum Gasteiger partial charge on any atom is 0.236 e. The van der Waals surface area contributed by atoms with Crippen LogP contribution in [0, 0.1) is 5.92 Å². The standard InChI is InChI=1S/C17H26ClN3OS/c1-20(11-15-4-5-16(18)23-15)17(22)12-21-8-6-14(7-9-21)19-10-13-2-3-13/h4-5,13-14,19H,2-3,6-12H2,1H3. The van der Waals surface area contributed by atoms with Gasteiger partial charge >= 0.3 is 0 Å². The Morgan fingerprint density at radius 1 is 1.35 bits per heavy atom. The van der Waals surface area contributed by atoms with Crippen LogP contribution in [0.4, 0.5) is 0 Å². The number of halogens is 1. The summed E-state index contributed by atoms with van der Waals surface area (Å²) in [5.74, 6) is 1.13. The Bertz CT molecular complexity index is 524. The minimum absolute atomic E-state index is 0.193. The lowest BCUT2D eigenvalue weighted by molar-refractivity contribution is -0.131. The van der Waals surface area contributed by atoms with Crippen LogP contribution in [0.1, 0.15) is 30.6 Å². The monoisotopic (exact) mass is 355 g/mol. The molecule has 1 saturated heterocycles. The molecule has 0 aromatic carbocycles. The van der Waals surface area contributed by atoms with E-state index in [2.05, 4.69) is 10.2 Å². The highest BCUT2D eigenvalue weighted by Gasteiger charge is 2.25. The van der Waals surface area contributed by atoms with Crippen LogP contribution >= 0.6 is 22.9 Å². The second kappa shape index (κ2) is 7.97. The van der Waals surface area contributed by atoms with E-state index in [4.69, 9.17) is 11.6 Å². The number of nitrogens with zero attached hydrogens (tertiary/aromatic N) is 2. The molecule has 2 aliphatic rings. The van der Waals surface area contributed by atoms with Crippen LogP contribution in [0.25, 0.3) is 0 Å². The highest BCUT2D eigenvalue weighted by molar-refractivity contribution is 7.16. The molecular formula is C17H26ClN3OS. The molecule has 1 aliphatic heterocycles. The van der Waals surface area contributed by atoms with Crippen LogP contribution in [-0.4, -0.2) is 55.0 Å². The number of hydrogen-bond acceptors (Lipinski definition) is 4. The summed E-state index contributed by atoms with van der Waals surface area (Å²) in [7, 11) is 1.87. The molecule has 1 amide bonds. The summed E-state index contributed by atoms with van der Waals surface area (Å²) in [6, 6.07) is 4.53. The fourth-order valence-corrected chi connectivity index (χ4v) is 4.16. The molecule has 1 saturated carbocycles. The molecule has 0 atom stereocenters. The minimum Gasteiger partial charge on any atom is -0.340 e. The fraction of sp³-hybridized carbons (Fsp3) is 0.706. The van der Waals surface area contributed by atoms with Crippen molar-refractivity contribution in [2.24, 2.45) is 5.92 Å². The fourth-order valence-electron chi connectivity index (χ4n) is 3.02. The van der Waals surface area contributed by atoms with Crippen molar-refractivity contribution >= 4 is 28.8 Å². The number of likely N-dealkylation sites (N-methyl/N-ethyl adjacent to an activating group) is 1. The van der Waals surface area contributed by atoms with Crippen molar-refractivity contribution in [2.45, 2.75) is 38.3 Å². The molecule has 0 unspecified atom stereocenters. The number of hydrogen-bond donors (Lipinski definition) is 1. The maximum atomic E-state index is 12.4. The summed E-state index contributed by atoms with van der Waals surface area (Å²) in [6.07, 6.45) is 5.12. The number of nitrogens with one attached hydrogen (secondary N) is 1. The van der Waals surface area contributed by atoms with Crippen molar-refractivity contribution in [3.63, 3.8) is 0 Å². The molecule has 1 aliphatic carbocycles. The number of carbonyl (C=O) groups is 1. The van der Waals surface area contributed by atoms with Gasteiger partial charge in [0.2, 0.25) is 5.91 Å². The number of rotatable bonds is 7. The molecule has 6 heteroatoms. The second-order valence-corrected chi connectivity index (χ2v) is 8.66. The zero-order valence-corrected chi connectivity index (χ0v) is 15.3. The van der Waals surface area contributed by atoms with Crippen LogP contribution in [0.3, 0.4) is 0 Å². The first-order chi connectivity index (χ1) is 11.1. The van der Waals surface area contributed by atoms with Gasteiger partial charge < -0.3 is 10.2 Å². The predicted octanol–water partition coefficient (Wildman–Crippen LogP) is 2.82. The van der Waals surface area contributed by atoms with E-state index in [1.54, 1.807) is 16.2 Å². The molecule has 0 spiro atoms. The van der Waals surface area contributed by atoms with E-state index in [9.17, 15) is 4.79 Å². The van der Waals surface area contributed by atoms with Gasteiger partial charge in [-0.25, -0.2) is 0 Å². The van der Waals surface area contributed by atoms with Gasteiger partial charge in [-0.15, -0.1) is 11.3 Å². The SMILES string of the molecule is CN(Cc1ccc(Cl)s1)C(=O)CN1CCC(NCC2CC2)CC1. The highest BCUT2D eigenvalue weighted by Crippen LogP contribution is 2.28. The lowest BCUT2D eigenvalue weighted by Crippen LogP contribution is -2.46. The molecule has 2 fully saturated rings. The molecule has 3 rings (SSSR count). The quantitative estimate of drug-likeness (QED) is 0.817. The summed E-state index contributed by atoms with van der Waals surface area (Å²) >= 11 is 7.48. The number of carbonyl (C=O) groups excluding carboxylic acids is 1. The molecular weight excluding hydrogens is 330 g/mol. The Balaban J connectivity index is 1.36. The summed E-state index contributed by atoms with van der Waals surface area (Å²) in [5.41, 5.74) is 0. The number of piperidine rings is 1. The lowest BCUT2D eigenvalue weighted by Gasteiger charge is -2.33. The molecule has 128 valence electrons. The van der Waals surface area contributed by atoms with Gasteiger partial charge in [-0.1, -0.05) is 11.6 Å². The Morgan fingerprint density at radius 3 is 2.70 bits per heavy atom. The first-order valence-electron chi connectivity index (χ1n) is 8.54. The Kier molecular flexibility index (Phi) is 5.96. The lowest BCUT2D eigenvalue weighted by atomic mass is 10.0. The van der Waals surface area contributed by atoms with E-state index in [0.717, 1.165) is 41.1 Å². The van der Waals surface area contributed by atoms with Gasteiger partial charge in [0.25, 0.3) is 0 Å². The summed E-state index contributed by atoms with van der Waals surface area (Å²) in [5, 5.41) is 3.68. The van der Waals surface area contributed by atoms with Gasteiger partial charge in [0.15, 0.2) is 0 Å². The first-order valence-corrected chi connectivity index (χ1v) is 9.73. The van der Waals surface area contributed by atoms with Gasteiger partial charge in [0.05, 0.1) is 17.4 Å². The third-order valence-electron chi connectivity index (χ3n) is 4.79. The molecule has 0 bridgehead atoms. The average molecular weight is 356 g/mol. The summed E-state index contributed by atoms with van der Waals surface area (Å²) < 4.78 is 0.779. The van der Waals surface area contributed by atoms with Crippen molar-refractivity contribution in [1.29, 1.82) is 0 Å². The Morgan fingerprint density at radius 2 is 2.09 bits per heavy atom. The van der Waals surface area contributed by atoms with Gasteiger partial charge in [-0.05, 0) is 50.3 Å². The van der Waals surface area contributed by atoms with Crippen LogP contribution in [0.5, 0.6) is 0 Å². The molecule has 1 aromatic heterocycles. The largest absolute Gasteiger partial charge is 0.340 e. The molecule has 1 aromatic rings. The normalized spacial score (nSPS) is 19.9. The Labute approximate surface area is 147 Å². The van der Waals surface area contributed by atoms with Crippen molar-refractivity contribution < 1.29 is 4.79 Å². The van der Waals surface area contributed by atoms with Gasteiger partial charge in [-0.2, -0.15) is 0 Å². The van der Waals surface area contributed by atoms with Crippen molar-refractivity contribution in [1.82, 2.24) is 15.1 Å². The topological polar surface area (TPSA) is 35.6 Å². The second-order valence-electron chi connectivity index (χ2n) is 6.86. The van der Waals surface area contributed by atoms with Crippen LogP contribution in [0.15, 0.2) is 12.1 Å². The van der Waals surface area contributed by atoms with Crippen LogP contribution in [0.2, 0.25) is 4.34 Å². The van der Waals surface area contributed by atoms with E-state index in [0.29, 0.717) is 19.1 Å². The minimum atomic E-state index is 0.193. The van der Waals surface area contributed by atoms with Crippen molar-refractivity contribution in [3.8, 4) is 0 Å². The van der Waals surface area contributed by atoms with E-state index >= 15 is 0 Å². The summed E-state index contributed by atoms with van der Waals surface area (Å²) in [6.45, 7) is 4.41. The first kappa shape index (κ1) is 17.2. The molecule has 0 radical (unpaired) electrons. The predicted molar refractivity (Wildman–Crippen MR) is 96.0 cm³/mol. The van der Waals surface area contributed by atoms with Crippen LogP contribution in [-0.2, 0) is 11.3 Å².